The summed E-state index contributed by atoms with van der Waals surface area (Å²) in [6.45, 7) is 0.603. The van der Waals surface area contributed by atoms with Crippen LogP contribution in [0.3, 0.4) is 0 Å². The molecule has 1 saturated heterocycles. The van der Waals surface area contributed by atoms with Gasteiger partial charge < -0.3 is 10.2 Å². The van der Waals surface area contributed by atoms with Gasteiger partial charge in [-0.15, -0.1) is 0 Å². The molecule has 1 unspecified atom stereocenters. The minimum atomic E-state index is -0.874. The molecule has 0 aliphatic carbocycles. The molecule has 5 heteroatoms. The molecule has 1 atom stereocenters. The summed E-state index contributed by atoms with van der Waals surface area (Å²) in [7, 11) is 0. The first-order valence-electron chi connectivity index (χ1n) is 5.24. The van der Waals surface area contributed by atoms with E-state index in [1.54, 1.807) is 4.90 Å². The van der Waals surface area contributed by atoms with Crippen LogP contribution in [0.2, 0.25) is 0 Å². The highest BCUT2D eigenvalue weighted by Gasteiger charge is 2.38. The van der Waals surface area contributed by atoms with Gasteiger partial charge in [-0.05, 0) is 25.0 Å². The zero-order valence-electron chi connectivity index (χ0n) is 8.46. The van der Waals surface area contributed by atoms with Crippen LogP contribution < -0.4 is 10.2 Å². The molecule has 1 N–H and O–H groups in total. The van der Waals surface area contributed by atoms with Gasteiger partial charge in [0.15, 0.2) is 11.6 Å². The van der Waals surface area contributed by atoms with Gasteiger partial charge in [-0.3, -0.25) is 4.79 Å². The van der Waals surface area contributed by atoms with Crippen LogP contribution in [0.25, 0.3) is 0 Å². The Balaban J connectivity index is 2.19. The van der Waals surface area contributed by atoms with Crippen molar-refractivity contribution in [2.45, 2.75) is 18.9 Å². The summed E-state index contributed by atoms with van der Waals surface area (Å²) in [5, 5.41) is 2.61. The van der Waals surface area contributed by atoms with Crippen LogP contribution >= 0.6 is 0 Å². The van der Waals surface area contributed by atoms with Gasteiger partial charge in [-0.1, -0.05) is 0 Å². The lowest BCUT2D eigenvalue weighted by atomic mass is 10.1. The number of carbonyl (C=O) groups excluding carboxylic acids is 1. The second-order valence-corrected chi connectivity index (χ2v) is 4.10. The van der Waals surface area contributed by atoms with Gasteiger partial charge in [0.2, 0.25) is 5.91 Å². The van der Waals surface area contributed by atoms with Crippen LogP contribution in [0.4, 0.5) is 20.2 Å². The molecule has 1 amide bonds. The lowest BCUT2D eigenvalue weighted by Crippen LogP contribution is -2.44. The molecule has 3 nitrogen and oxygen atoms in total. The predicted molar refractivity (Wildman–Crippen MR) is 55.4 cm³/mol. The Hall–Kier alpha value is -1.65. The Kier molecular flexibility index (Phi) is 1.89. The third kappa shape index (κ3) is 1.14. The van der Waals surface area contributed by atoms with Crippen molar-refractivity contribution in [2.75, 3.05) is 16.8 Å². The van der Waals surface area contributed by atoms with Crippen molar-refractivity contribution in [1.82, 2.24) is 0 Å². The number of carbonyl (C=O) groups is 1. The highest BCUT2D eigenvalue weighted by molar-refractivity contribution is 6.04. The van der Waals surface area contributed by atoms with E-state index in [1.807, 2.05) is 0 Å². The maximum atomic E-state index is 13.7. The van der Waals surface area contributed by atoms with E-state index >= 15 is 0 Å². The number of nitrogens with one attached hydrogen (secondary N) is 1. The minimum absolute atomic E-state index is 0.129. The summed E-state index contributed by atoms with van der Waals surface area (Å²) in [4.78, 5) is 13.3. The van der Waals surface area contributed by atoms with Gasteiger partial charge in [-0.2, -0.15) is 0 Å². The number of amides is 1. The molecule has 2 heterocycles. The van der Waals surface area contributed by atoms with E-state index in [1.165, 1.54) is 6.07 Å². The van der Waals surface area contributed by atoms with Crippen molar-refractivity contribution in [2.24, 2.45) is 0 Å². The van der Waals surface area contributed by atoms with E-state index in [0.717, 1.165) is 12.5 Å². The van der Waals surface area contributed by atoms with Crippen molar-refractivity contribution in [1.29, 1.82) is 0 Å². The van der Waals surface area contributed by atoms with Crippen LogP contribution in [0.5, 0.6) is 0 Å². The van der Waals surface area contributed by atoms with Gasteiger partial charge in [0.05, 0.1) is 5.69 Å². The first kappa shape index (κ1) is 9.57. The predicted octanol–water partition coefficient (Wildman–Crippen LogP) is 1.89. The number of nitrogens with zero attached hydrogens (tertiary/aromatic N) is 1. The summed E-state index contributed by atoms with van der Waals surface area (Å²) in [5.41, 5.74) is 0.559. The Morgan fingerprint density at radius 2 is 2.19 bits per heavy atom. The van der Waals surface area contributed by atoms with E-state index in [-0.39, 0.29) is 17.6 Å². The Morgan fingerprint density at radius 1 is 1.38 bits per heavy atom. The fourth-order valence-electron chi connectivity index (χ4n) is 2.44. The van der Waals surface area contributed by atoms with Gasteiger partial charge in [0.25, 0.3) is 0 Å². The average Bonchev–Trinajstić information content (AvgIpc) is 2.73. The second-order valence-electron chi connectivity index (χ2n) is 4.10. The first-order chi connectivity index (χ1) is 7.68. The maximum absolute atomic E-state index is 13.7. The summed E-state index contributed by atoms with van der Waals surface area (Å²) >= 11 is 0. The molecule has 1 aromatic rings. The zero-order valence-corrected chi connectivity index (χ0v) is 8.46. The minimum Gasteiger partial charge on any atom is -0.355 e. The largest absolute Gasteiger partial charge is 0.355 e. The molecule has 2 aliphatic rings. The van der Waals surface area contributed by atoms with Gasteiger partial charge >= 0.3 is 0 Å². The van der Waals surface area contributed by atoms with E-state index < -0.39 is 11.6 Å². The summed E-state index contributed by atoms with van der Waals surface area (Å²) in [5.74, 6) is -1.87. The first-order valence-corrected chi connectivity index (χ1v) is 5.24. The topological polar surface area (TPSA) is 32.3 Å². The fraction of sp³-hybridized carbons (Fsp3) is 0.364. The molecule has 0 spiro atoms. The molecular formula is C11H10F2N2O. The smallest absolute Gasteiger partial charge is 0.247 e. The Labute approximate surface area is 91.0 Å². The molecule has 84 valence electrons. The van der Waals surface area contributed by atoms with Crippen LogP contribution in [0.15, 0.2) is 12.1 Å². The van der Waals surface area contributed by atoms with Crippen molar-refractivity contribution in [3.63, 3.8) is 0 Å². The van der Waals surface area contributed by atoms with Gasteiger partial charge in [0, 0.05) is 6.54 Å². The van der Waals surface area contributed by atoms with E-state index in [2.05, 4.69) is 5.32 Å². The summed E-state index contributed by atoms with van der Waals surface area (Å²) in [6, 6.07) is 2.09. The second kappa shape index (κ2) is 3.17. The van der Waals surface area contributed by atoms with Crippen molar-refractivity contribution >= 4 is 17.3 Å². The highest BCUT2D eigenvalue weighted by atomic mass is 19.2. The molecule has 0 saturated carbocycles. The van der Waals surface area contributed by atoms with Crippen LogP contribution in [-0.2, 0) is 4.79 Å². The Morgan fingerprint density at radius 3 is 3.00 bits per heavy atom. The average molecular weight is 224 g/mol. The van der Waals surface area contributed by atoms with Gasteiger partial charge in [-0.25, -0.2) is 8.78 Å². The van der Waals surface area contributed by atoms with Crippen molar-refractivity contribution in [3.8, 4) is 0 Å². The van der Waals surface area contributed by atoms with Crippen LogP contribution in [0, 0.1) is 11.6 Å². The maximum Gasteiger partial charge on any atom is 0.247 e. The van der Waals surface area contributed by atoms with E-state index in [0.29, 0.717) is 18.7 Å². The molecule has 16 heavy (non-hydrogen) atoms. The molecular weight excluding hydrogens is 214 g/mol. The third-order valence-electron chi connectivity index (χ3n) is 3.17. The van der Waals surface area contributed by atoms with Crippen LogP contribution in [0.1, 0.15) is 12.8 Å². The molecule has 0 aromatic heterocycles. The lowest BCUT2D eigenvalue weighted by Gasteiger charge is -2.33. The number of halogens is 2. The van der Waals surface area contributed by atoms with Crippen LogP contribution in [-0.4, -0.2) is 18.5 Å². The standard InChI is InChI=1S/C11H10F2N2O/c12-6-3-4-7-10(9(6)13)15-5-1-2-8(15)11(16)14-7/h3-4,8H,1-2,5H2,(H,14,16). The number of benzene rings is 1. The molecule has 3 rings (SSSR count). The van der Waals surface area contributed by atoms with Crippen molar-refractivity contribution < 1.29 is 13.6 Å². The zero-order chi connectivity index (χ0) is 11.3. The summed E-state index contributed by atoms with van der Waals surface area (Å²) in [6.07, 6.45) is 1.52. The molecule has 1 fully saturated rings. The number of rotatable bonds is 0. The number of hydrogen-bond donors (Lipinski definition) is 1. The quantitative estimate of drug-likeness (QED) is 0.729. The lowest BCUT2D eigenvalue weighted by molar-refractivity contribution is -0.117. The molecule has 0 bridgehead atoms. The van der Waals surface area contributed by atoms with E-state index in [9.17, 15) is 13.6 Å². The molecule has 0 radical (unpaired) electrons. The number of fused-ring (bicyclic) bond motifs is 3. The monoisotopic (exact) mass is 224 g/mol. The highest BCUT2D eigenvalue weighted by Crippen LogP contribution is 2.39. The summed E-state index contributed by atoms with van der Waals surface area (Å²) < 4.78 is 26.8. The normalized spacial score (nSPS) is 22.8. The SMILES string of the molecule is O=C1Nc2ccc(F)c(F)c2N2CCCC12. The molecule has 1 aromatic carbocycles. The number of hydrogen-bond acceptors (Lipinski definition) is 2. The fourth-order valence-corrected chi connectivity index (χ4v) is 2.44. The van der Waals surface area contributed by atoms with Crippen molar-refractivity contribution in [3.05, 3.63) is 23.8 Å². The van der Waals surface area contributed by atoms with E-state index in [4.69, 9.17) is 0 Å². The molecule has 2 aliphatic heterocycles. The van der Waals surface area contributed by atoms with Gasteiger partial charge in [0.1, 0.15) is 11.7 Å². The third-order valence-corrected chi connectivity index (χ3v) is 3.17. The Bertz CT molecular complexity index is 475. The number of anilines is 2.